The van der Waals surface area contributed by atoms with E-state index in [-0.39, 0.29) is 26.6 Å². The summed E-state index contributed by atoms with van der Waals surface area (Å²) in [5, 5.41) is 0. The lowest BCUT2D eigenvalue weighted by Gasteiger charge is -2.61. The van der Waals surface area contributed by atoms with E-state index in [9.17, 15) is 8.42 Å². The third kappa shape index (κ3) is 3.46. The first-order valence-corrected chi connectivity index (χ1v) is 10.3. The zero-order chi connectivity index (χ0) is 18.5. The zero-order valence-corrected chi connectivity index (χ0v) is 17.5. The van der Waals surface area contributed by atoms with Crippen LogP contribution >= 0.6 is 10.7 Å². The van der Waals surface area contributed by atoms with Crippen LogP contribution in [0.25, 0.3) is 0 Å². The van der Waals surface area contributed by atoms with Crippen molar-refractivity contribution in [3.05, 3.63) is 29.8 Å². The van der Waals surface area contributed by atoms with Crippen molar-refractivity contribution in [1.29, 1.82) is 0 Å². The minimum absolute atomic E-state index is 0.0230. The molecule has 2 nitrogen and oxygen atoms in total. The lowest BCUT2D eigenvalue weighted by molar-refractivity contribution is -0.0443. The van der Waals surface area contributed by atoms with E-state index in [0.717, 1.165) is 5.56 Å². The van der Waals surface area contributed by atoms with Gasteiger partial charge in [0, 0.05) is 16.1 Å². The van der Waals surface area contributed by atoms with Crippen LogP contribution in [-0.4, -0.2) is 8.42 Å². The highest BCUT2D eigenvalue weighted by Gasteiger charge is 2.58. The second-order valence-electron chi connectivity index (χ2n) is 9.46. The van der Waals surface area contributed by atoms with Crippen molar-refractivity contribution < 1.29 is 8.42 Å². The summed E-state index contributed by atoms with van der Waals surface area (Å²) in [6, 6.07) is 7.10. The molecule has 0 saturated carbocycles. The van der Waals surface area contributed by atoms with Crippen molar-refractivity contribution >= 4 is 19.7 Å². The maximum atomic E-state index is 11.5. The Hall–Kier alpha value is -0.540. The van der Waals surface area contributed by atoms with E-state index in [1.165, 1.54) is 0 Å². The molecule has 0 bridgehead atoms. The molecule has 0 aliphatic heterocycles. The normalized spacial score (nSPS) is 14.9. The first kappa shape index (κ1) is 20.5. The molecule has 23 heavy (non-hydrogen) atoms. The Balaban J connectivity index is 3.80. The SMILES string of the molecule is CC(C)(C)C(c1ccc(S(=O)(=O)Cl)cc1)(C(C)(C)C)C(C)(C)C. The number of benzene rings is 1. The molecule has 0 radical (unpaired) electrons. The van der Waals surface area contributed by atoms with E-state index < -0.39 is 9.05 Å². The van der Waals surface area contributed by atoms with Gasteiger partial charge in [-0.05, 0) is 33.9 Å². The summed E-state index contributed by atoms with van der Waals surface area (Å²) in [6.07, 6.45) is 0. The van der Waals surface area contributed by atoms with Crippen LogP contribution in [-0.2, 0) is 14.5 Å². The predicted molar refractivity (Wildman–Crippen MR) is 99.5 cm³/mol. The summed E-state index contributed by atoms with van der Waals surface area (Å²) in [5.74, 6) is 0. The fourth-order valence-electron chi connectivity index (χ4n) is 5.54. The maximum absolute atomic E-state index is 11.5. The van der Waals surface area contributed by atoms with E-state index in [2.05, 4.69) is 62.3 Å². The van der Waals surface area contributed by atoms with Gasteiger partial charge in [-0.15, -0.1) is 0 Å². The molecule has 0 N–H and O–H groups in total. The fourth-order valence-corrected chi connectivity index (χ4v) is 6.31. The molecule has 0 saturated heterocycles. The quantitative estimate of drug-likeness (QED) is 0.608. The molecule has 1 rings (SSSR count). The summed E-state index contributed by atoms with van der Waals surface area (Å²) in [7, 11) is 1.77. The third-order valence-corrected chi connectivity index (χ3v) is 6.31. The summed E-state index contributed by atoms with van der Waals surface area (Å²) in [5.41, 5.74) is 0.913. The molecule has 0 atom stereocenters. The highest BCUT2D eigenvalue weighted by Crippen LogP contribution is 2.62. The van der Waals surface area contributed by atoms with Gasteiger partial charge in [0.1, 0.15) is 0 Å². The average molecular weight is 359 g/mol. The Bertz CT molecular complexity index is 615. The van der Waals surface area contributed by atoms with Gasteiger partial charge in [0.05, 0.1) is 4.90 Å². The van der Waals surface area contributed by atoms with Gasteiger partial charge in [-0.1, -0.05) is 74.4 Å². The first-order valence-electron chi connectivity index (χ1n) is 8.01. The smallest absolute Gasteiger partial charge is 0.207 e. The minimum Gasteiger partial charge on any atom is -0.207 e. The van der Waals surface area contributed by atoms with Crippen molar-refractivity contribution in [1.82, 2.24) is 0 Å². The minimum atomic E-state index is -3.70. The molecule has 1 aromatic rings. The highest BCUT2D eigenvalue weighted by molar-refractivity contribution is 8.13. The van der Waals surface area contributed by atoms with Crippen LogP contribution in [0.4, 0.5) is 0 Å². The van der Waals surface area contributed by atoms with Crippen molar-refractivity contribution in [3.63, 3.8) is 0 Å². The Morgan fingerprint density at radius 2 is 1.00 bits per heavy atom. The summed E-state index contributed by atoms with van der Waals surface area (Å²) < 4.78 is 23.1. The lowest BCUT2D eigenvalue weighted by atomic mass is 9.42. The molecule has 0 aliphatic carbocycles. The number of rotatable bonds is 2. The van der Waals surface area contributed by atoms with Gasteiger partial charge in [-0.25, -0.2) is 8.42 Å². The summed E-state index contributed by atoms with van der Waals surface area (Å²) >= 11 is 0. The second-order valence-corrected chi connectivity index (χ2v) is 12.0. The molecular formula is C19H31ClO2S. The van der Waals surface area contributed by atoms with E-state index in [1.807, 2.05) is 12.1 Å². The molecule has 0 heterocycles. The first-order chi connectivity index (χ1) is 9.96. The lowest BCUT2D eigenvalue weighted by Crippen LogP contribution is -2.58. The van der Waals surface area contributed by atoms with E-state index in [0.29, 0.717) is 0 Å². The topological polar surface area (TPSA) is 34.1 Å². The molecule has 0 amide bonds. The van der Waals surface area contributed by atoms with Crippen LogP contribution in [0.2, 0.25) is 0 Å². The van der Waals surface area contributed by atoms with Crippen LogP contribution in [0.15, 0.2) is 29.2 Å². The van der Waals surface area contributed by atoms with Gasteiger partial charge in [-0.2, -0.15) is 0 Å². The summed E-state index contributed by atoms with van der Waals surface area (Å²) in [6.45, 7) is 20.3. The molecule has 0 fully saturated rings. The van der Waals surface area contributed by atoms with Gasteiger partial charge in [0.2, 0.25) is 0 Å². The fraction of sp³-hybridized carbons (Fsp3) is 0.684. The predicted octanol–water partition coefficient (Wildman–Crippen LogP) is 5.99. The molecule has 0 aliphatic rings. The van der Waals surface area contributed by atoms with E-state index in [4.69, 9.17) is 10.7 Å². The van der Waals surface area contributed by atoms with Crippen LogP contribution < -0.4 is 0 Å². The molecule has 0 aromatic heterocycles. The average Bonchev–Trinajstić information content (AvgIpc) is 2.22. The van der Waals surface area contributed by atoms with Gasteiger partial charge < -0.3 is 0 Å². The van der Waals surface area contributed by atoms with Gasteiger partial charge >= 0.3 is 0 Å². The Morgan fingerprint density at radius 1 is 0.696 bits per heavy atom. The van der Waals surface area contributed by atoms with Crippen molar-refractivity contribution in [2.75, 3.05) is 0 Å². The molecule has 1 aromatic carbocycles. The second kappa shape index (κ2) is 5.77. The maximum Gasteiger partial charge on any atom is 0.261 e. The number of hydrogen-bond acceptors (Lipinski definition) is 2. The Labute approximate surface area is 147 Å². The van der Waals surface area contributed by atoms with E-state index in [1.54, 1.807) is 12.1 Å². The molecule has 4 heteroatoms. The van der Waals surface area contributed by atoms with Crippen molar-refractivity contribution in [2.24, 2.45) is 16.2 Å². The van der Waals surface area contributed by atoms with Gasteiger partial charge in [0.25, 0.3) is 9.05 Å². The Kier molecular flexibility index (Phi) is 5.14. The largest absolute Gasteiger partial charge is 0.261 e. The van der Waals surface area contributed by atoms with Crippen LogP contribution in [0.3, 0.4) is 0 Å². The van der Waals surface area contributed by atoms with Gasteiger partial charge in [-0.3, -0.25) is 0 Å². The molecular weight excluding hydrogens is 328 g/mol. The number of halogens is 1. The Morgan fingerprint density at radius 3 is 1.22 bits per heavy atom. The standard InChI is InChI=1S/C19H31ClO2S/c1-16(2,3)19(17(4,5)6,18(7,8)9)14-10-12-15(13-11-14)23(20,21)22/h10-13H,1-9H3. The zero-order valence-electron chi connectivity index (χ0n) is 15.9. The molecule has 0 spiro atoms. The highest BCUT2D eigenvalue weighted by atomic mass is 35.7. The van der Waals surface area contributed by atoms with Gasteiger partial charge in [0.15, 0.2) is 0 Å². The monoisotopic (exact) mass is 358 g/mol. The van der Waals surface area contributed by atoms with Crippen molar-refractivity contribution in [2.45, 2.75) is 72.6 Å². The molecule has 132 valence electrons. The summed E-state index contributed by atoms with van der Waals surface area (Å²) in [4.78, 5) is 0.147. The van der Waals surface area contributed by atoms with Crippen LogP contribution in [0, 0.1) is 16.2 Å². The molecule has 0 unspecified atom stereocenters. The number of hydrogen-bond donors (Lipinski definition) is 0. The van der Waals surface area contributed by atoms with E-state index >= 15 is 0 Å². The third-order valence-electron chi connectivity index (χ3n) is 4.94. The van der Waals surface area contributed by atoms with Crippen molar-refractivity contribution in [3.8, 4) is 0 Å². The van der Waals surface area contributed by atoms with Crippen LogP contribution in [0.1, 0.15) is 67.9 Å². The van der Waals surface area contributed by atoms with Crippen LogP contribution in [0.5, 0.6) is 0 Å².